The van der Waals surface area contributed by atoms with E-state index in [4.69, 9.17) is 8.94 Å². The SMILES string of the molecule is Cc1noc(C(C)C)c1C(=O)NNC(=O)c1ccco1. The summed E-state index contributed by atoms with van der Waals surface area (Å²) in [5, 5.41) is 3.77. The maximum Gasteiger partial charge on any atom is 0.305 e. The zero-order valence-electron chi connectivity index (χ0n) is 11.4. The number of hydrogen-bond acceptors (Lipinski definition) is 5. The number of furan rings is 1. The Labute approximate surface area is 115 Å². The average Bonchev–Trinajstić information content (AvgIpc) is 3.04. The summed E-state index contributed by atoms with van der Waals surface area (Å²) < 4.78 is 10.0. The van der Waals surface area contributed by atoms with E-state index in [0.29, 0.717) is 17.0 Å². The third kappa shape index (κ3) is 2.71. The predicted octanol–water partition coefficient (Wildman–Crippen LogP) is 1.77. The van der Waals surface area contributed by atoms with E-state index in [1.807, 2.05) is 13.8 Å². The minimum atomic E-state index is -0.538. The molecule has 0 aromatic carbocycles. The third-order valence-corrected chi connectivity index (χ3v) is 2.68. The van der Waals surface area contributed by atoms with E-state index < -0.39 is 11.8 Å². The maximum absolute atomic E-state index is 12.1. The highest BCUT2D eigenvalue weighted by molar-refractivity contribution is 5.99. The van der Waals surface area contributed by atoms with E-state index in [9.17, 15) is 9.59 Å². The number of aromatic nitrogens is 1. The van der Waals surface area contributed by atoms with Crippen LogP contribution in [0.4, 0.5) is 0 Å². The summed E-state index contributed by atoms with van der Waals surface area (Å²) in [6, 6.07) is 3.07. The Morgan fingerprint density at radius 3 is 2.55 bits per heavy atom. The maximum atomic E-state index is 12.1. The zero-order chi connectivity index (χ0) is 14.7. The fourth-order valence-electron chi connectivity index (χ4n) is 1.70. The summed E-state index contributed by atoms with van der Waals surface area (Å²) in [7, 11) is 0. The third-order valence-electron chi connectivity index (χ3n) is 2.68. The lowest BCUT2D eigenvalue weighted by Crippen LogP contribution is -2.42. The number of nitrogens with one attached hydrogen (secondary N) is 2. The number of hydrogen-bond donors (Lipinski definition) is 2. The second-order valence-electron chi connectivity index (χ2n) is 4.55. The fraction of sp³-hybridized carbons (Fsp3) is 0.308. The molecule has 0 saturated carbocycles. The van der Waals surface area contributed by atoms with Gasteiger partial charge in [-0.3, -0.25) is 20.4 Å². The van der Waals surface area contributed by atoms with Crippen LogP contribution in [0.3, 0.4) is 0 Å². The van der Waals surface area contributed by atoms with Crippen LogP contribution in [0.2, 0.25) is 0 Å². The van der Waals surface area contributed by atoms with Gasteiger partial charge in [-0.25, -0.2) is 0 Å². The van der Waals surface area contributed by atoms with Crippen molar-refractivity contribution in [3.63, 3.8) is 0 Å². The average molecular weight is 277 g/mol. The number of carbonyl (C=O) groups is 2. The van der Waals surface area contributed by atoms with Crippen molar-refractivity contribution in [2.75, 3.05) is 0 Å². The molecule has 2 heterocycles. The lowest BCUT2D eigenvalue weighted by Gasteiger charge is -2.07. The molecule has 7 heteroatoms. The van der Waals surface area contributed by atoms with Gasteiger partial charge in [0.25, 0.3) is 5.91 Å². The molecule has 2 rings (SSSR count). The highest BCUT2D eigenvalue weighted by atomic mass is 16.5. The van der Waals surface area contributed by atoms with Crippen molar-refractivity contribution in [3.05, 3.63) is 41.2 Å². The van der Waals surface area contributed by atoms with E-state index in [1.165, 1.54) is 12.3 Å². The van der Waals surface area contributed by atoms with Gasteiger partial charge in [0.1, 0.15) is 5.56 Å². The number of nitrogens with zero attached hydrogens (tertiary/aromatic N) is 1. The summed E-state index contributed by atoms with van der Waals surface area (Å²) in [6.07, 6.45) is 1.37. The van der Waals surface area contributed by atoms with Crippen LogP contribution in [0.5, 0.6) is 0 Å². The molecule has 2 N–H and O–H groups in total. The number of rotatable bonds is 3. The van der Waals surface area contributed by atoms with Crippen molar-refractivity contribution in [2.45, 2.75) is 26.7 Å². The molecular weight excluding hydrogens is 262 g/mol. The Morgan fingerprint density at radius 1 is 1.25 bits per heavy atom. The van der Waals surface area contributed by atoms with Gasteiger partial charge in [0.15, 0.2) is 11.5 Å². The first kappa shape index (κ1) is 13.9. The molecule has 7 nitrogen and oxygen atoms in total. The summed E-state index contributed by atoms with van der Waals surface area (Å²) in [4.78, 5) is 23.7. The van der Waals surface area contributed by atoms with Crippen molar-refractivity contribution in [2.24, 2.45) is 0 Å². The molecule has 2 amide bonds. The Morgan fingerprint density at radius 2 is 1.95 bits per heavy atom. The fourth-order valence-corrected chi connectivity index (χ4v) is 1.70. The first-order valence-electron chi connectivity index (χ1n) is 6.11. The second kappa shape index (κ2) is 5.60. The molecule has 0 spiro atoms. The van der Waals surface area contributed by atoms with Crippen LogP contribution in [-0.2, 0) is 0 Å². The summed E-state index contributed by atoms with van der Waals surface area (Å²) >= 11 is 0. The predicted molar refractivity (Wildman–Crippen MR) is 69.0 cm³/mol. The molecule has 106 valence electrons. The van der Waals surface area contributed by atoms with Crippen LogP contribution in [0, 0.1) is 6.92 Å². The number of hydrazine groups is 1. The van der Waals surface area contributed by atoms with Gasteiger partial charge in [-0.2, -0.15) is 0 Å². The Bertz CT molecular complexity index is 614. The molecule has 0 aliphatic rings. The van der Waals surface area contributed by atoms with Crippen LogP contribution in [0.25, 0.3) is 0 Å². The van der Waals surface area contributed by atoms with Gasteiger partial charge in [-0.05, 0) is 19.1 Å². The molecule has 0 unspecified atom stereocenters. The van der Waals surface area contributed by atoms with Gasteiger partial charge < -0.3 is 8.94 Å². The summed E-state index contributed by atoms with van der Waals surface area (Å²) in [6.45, 7) is 5.44. The molecule has 0 fully saturated rings. The lowest BCUT2D eigenvalue weighted by molar-refractivity contribution is 0.0829. The monoisotopic (exact) mass is 277 g/mol. The van der Waals surface area contributed by atoms with Crippen molar-refractivity contribution in [1.82, 2.24) is 16.0 Å². The smallest absolute Gasteiger partial charge is 0.305 e. The standard InChI is InChI=1S/C13H15N3O4/c1-7(2)11-10(8(3)16-20-11)13(18)15-14-12(17)9-5-4-6-19-9/h4-7H,1-3H3,(H,14,17)(H,15,18). The minimum Gasteiger partial charge on any atom is -0.459 e. The van der Waals surface area contributed by atoms with Gasteiger partial charge >= 0.3 is 5.91 Å². The molecule has 0 radical (unpaired) electrons. The van der Waals surface area contributed by atoms with Crippen LogP contribution in [0.1, 0.15) is 52.1 Å². The van der Waals surface area contributed by atoms with Crippen molar-refractivity contribution in [1.29, 1.82) is 0 Å². The quantitative estimate of drug-likeness (QED) is 0.833. The summed E-state index contributed by atoms with van der Waals surface area (Å²) in [5.41, 5.74) is 5.38. The van der Waals surface area contributed by atoms with E-state index >= 15 is 0 Å². The van der Waals surface area contributed by atoms with Gasteiger partial charge in [-0.15, -0.1) is 0 Å². The molecule has 0 aliphatic heterocycles. The Kier molecular flexibility index (Phi) is 3.88. The first-order chi connectivity index (χ1) is 9.50. The van der Waals surface area contributed by atoms with Gasteiger partial charge in [0.05, 0.1) is 12.0 Å². The molecule has 0 saturated heterocycles. The van der Waals surface area contributed by atoms with Crippen molar-refractivity contribution in [3.8, 4) is 0 Å². The highest BCUT2D eigenvalue weighted by Crippen LogP contribution is 2.21. The Hall–Kier alpha value is -2.57. The zero-order valence-corrected chi connectivity index (χ0v) is 11.4. The minimum absolute atomic E-state index is 0.0118. The molecule has 0 aliphatic carbocycles. The van der Waals surface area contributed by atoms with Gasteiger partial charge in [-0.1, -0.05) is 19.0 Å². The number of carbonyl (C=O) groups excluding carboxylic acids is 2. The van der Waals surface area contributed by atoms with Crippen molar-refractivity contribution < 1.29 is 18.5 Å². The summed E-state index contributed by atoms with van der Waals surface area (Å²) in [5.74, 6) is -0.419. The van der Waals surface area contributed by atoms with E-state index in [-0.39, 0.29) is 11.7 Å². The highest BCUT2D eigenvalue weighted by Gasteiger charge is 2.23. The van der Waals surface area contributed by atoms with Crippen molar-refractivity contribution >= 4 is 11.8 Å². The molecule has 2 aromatic rings. The van der Waals surface area contributed by atoms with E-state index in [1.54, 1.807) is 13.0 Å². The molecule has 0 bridgehead atoms. The van der Waals surface area contributed by atoms with Crippen LogP contribution in [-0.4, -0.2) is 17.0 Å². The lowest BCUT2D eigenvalue weighted by atomic mass is 10.1. The number of amides is 2. The van der Waals surface area contributed by atoms with Crippen LogP contribution >= 0.6 is 0 Å². The van der Waals surface area contributed by atoms with Gasteiger partial charge in [0, 0.05) is 5.92 Å². The number of aryl methyl sites for hydroxylation is 1. The molecule has 0 atom stereocenters. The molecular formula is C13H15N3O4. The van der Waals surface area contributed by atoms with E-state index in [2.05, 4.69) is 16.0 Å². The topological polar surface area (TPSA) is 97.4 Å². The van der Waals surface area contributed by atoms with Gasteiger partial charge in [0.2, 0.25) is 0 Å². The van der Waals surface area contributed by atoms with Crippen LogP contribution in [0.15, 0.2) is 27.3 Å². The van der Waals surface area contributed by atoms with Crippen LogP contribution < -0.4 is 10.9 Å². The van der Waals surface area contributed by atoms with E-state index in [0.717, 1.165) is 0 Å². The first-order valence-corrected chi connectivity index (χ1v) is 6.11. The molecule has 2 aromatic heterocycles. The largest absolute Gasteiger partial charge is 0.459 e. The second-order valence-corrected chi connectivity index (χ2v) is 4.55. The Balaban J connectivity index is 2.06. The normalized spacial score (nSPS) is 10.6. The molecule has 20 heavy (non-hydrogen) atoms.